The van der Waals surface area contributed by atoms with Gasteiger partial charge in [-0.25, -0.2) is 9.97 Å². The minimum atomic E-state index is -0.241. The van der Waals surface area contributed by atoms with E-state index in [-0.39, 0.29) is 5.56 Å². The van der Waals surface area contributed by atoms with Crippen molar-refractivity contribution in [1.82, 2.24) is 14.6 Å². The van der Waals surface area contributed by atoms with E-state index >= 15 is 0 Å². The molecule has 0 radical (unpaired) electrons. The number of nitrogens with zero attached hydrogens (tertiary/aromatic N) is 4. The molecule has 2 aromatic carbocycles. The molecule has 26 heavy (non-hydrogen) atoms. The molecule has 1 N–H and O–H groups in total. The van der Waals surface area contributed by atoms with Crippen LogP contribution in [0, 0.1) is 0 Å². The molecule has 0 aliphatic rings. The van der Waals surface area contributed by atoms with E-state index in [2.05, 4.69) is 20.4 Å². The highest BCUT2D eigenvalue weighted by Crippen LogP contribution is 2.27. The molecule has 0 atom stereocenters. The number of hydrogen-bond acceptors (Lipinski definition) is 6. The van der Waals surface area contributed by atoms with Gasteiger partial charge in [0.25, 0.3) is 5.56 Å². The summed E-state index contributed by atoms with van der Waals surface area (Å²) in [6.45, 7) is 0. The van der Waals surface area contributed by atoms with E-state index in [9.17, 15) is 4.79 Å². The minimum Gasteiger partial charge on any atom is -0.331 e. The Kier molecular flexibility index (Phi) is 4.47. The number of anilines is 2. The van der Waals surface area contributed by atoms with Gasteiger partial charge in [0.1, 0.15) is 6.33 Å². The second-order valence-corrected chi connectivity index (χ2v) is 6.71. The highest BCUT2D eigenvalue weighted by Gasteiger charge is 2.08. The Bertz CT molecular complexity index is 1150. The van der Waals surface area contributed by atoms with E-state index in [0.29, 0.717) is 26.1 Å². The lowest BCUT2D eigenvalue weighted by Gasteiger charge is -2.00. The van der Waals surface area contributed by atoms with Crippen LogP contribution in [0.1, 0.15) is 4.88 Å². The molecular formula is C18H12ClN5OS. The molecule has 2 aromatic heterocycles. The lowest BCUT2D eigenvalue weighted by atomic mass is 10.2. The summed E-state index contributed by atoms with van der Waals surface area (Å²) in [5.74, 6) is 0. The normalized spacial score (nSPS) is 11.3. The lowest BCUT2D eigenvalue weighted by molar-refractivity contribution is 0.817. The second kappa shape index (κ2) is 7.07. The fourth-order valence-electron chi connectivity index (χ4n) is 2.35. The molecule has 0 saturated carbocycles. The van der Waals surface area contributed by atoms with E-state index in [4.69, 9.17) is 11.6 Å². The van der Waals surface area contributed by atoms with Crippen LogP contribution in [0.5, 0.6) is 0 Å². The van der Waals surface area contributed by atoms with Crippen molar-refractivity contribution in [2.75, 3.05) is 5.32 Å². The van der Waals surface area contributed by atoms with Crippen LogP contribution in [-0.2, 0) is 0 Å². The first kappa shape index (κ1) is 16.4. The van der Waals surface area contributed by atoms with Crippen LogP contribution >= 0.6 is 22.9 Å². The van der Waals surface area contributed by atoms with Gasteiger partial charge >= 0.3 is 0 Å². The third-order valence-electron chi connectivity index (χ3n) is 3.58. The molecule has 0 aliphatic carbocycles. The van der Waals surface area contributed by atoms with E-state index in [1.165, 1.54) is 28.6 Å². The fourth-order valence-corrected chi connectivity index (χ4v) is 3.39. The molecule has 6 nitrogen and oxygen atoms in total. The average molecular weight is 382 g/mol. The highest BCUT2D eigenvalue weighted by atomic mass is 35.5. The van der Waals surface area contributed by atoms with Crippen molar-refractivity contribution in [2.45, 2.75) is 0 Å². The van der Waals surface area contributed by atoms with Gasteiger partial charge in [0, 0.05) is 5.69 Å². The third-order valence-corrected chi connectivity index (χ3v) is 4.89. The first-order valence-electron chi connectivity index (χ1n) is 7.70. The van der Waals surface area contributed by atoms with Crippen LogP contribution in [0.4, 0.5) is 10.8 Å². The van der Waals surface area contributed by atoms with Crippen molar-refractivity contribution in [2.24, 2.45) is 5.10 Å². The van der Waals surface area contributed by atoms with E-state index in [1.54, 1.807) is 18.2 Å². The Morgan fingerprint density at radius 1 is 1.12 bits per heavy atom. The molecule has 8 heteroatoms. The Morgan fingerprint density at radius 3 is 2.73 bits per heavy atom. The average Bonchev–Trinajstić information content (AvgIpc) is 3.01. The van der Waals surface area contributed by atoms with Crippen molar-refractivity contribution in [1.29, 1.82) is 0 Å². The lowest BCUT2D eigenvalue weighted by Crippen LogP contribution is -2.16. The third kappa shape index (κ3) is 3.35. The Morgan fingerprint density at radius 2 is 1.88 bits per heavy atom. The summed E-state index contributed by atoms with van der Waals surface area (Å²) in [5.41, 5.74) is 1.31. The van der Waals surface area contributed by atoms with Crippen molar-refractivity contribution >= 4 is 50.9 Å². The SMILES string of the molecule is O=c1c2ccccc2ncn1/N=C/c1sc(Nc2ccccc2)nc1Cl. The Balaban J connectivity index is 1.61. The number of rotatable bonds is 4. The summed E-state index contributed by atoms with van der Waals surface area (Å²) in [4.78, 5) is 21.6. The Labute approximate surface area is 157 Å². The maximum absolute atomic E-state index is 12.4. The van der Waals surface area contributed by atoms with Crippen LogP contribution in [0.3, 0.4) is 0 Å². The molecule has 0 spiro atoms. The van der Waals surface area contributed by atoms with Gasteiger partial charge in [0.05, 0.1) is 22.0 Å². The van der Waals surface area contributed by atoms with Crippen molar-refractivity contribution in [3.05, 3.63) is 81.3 Å². The summed E-state index contributed by atoms with van der Waals surface area (Å²) in [6, 6.07) is 16.8. The molecule has 0 saturated heterocycles. The predicted octanol–water partition coefficient (Wildman–Crippen LogP) is 4.13. The maximum atomic E-state index is 12.4. The number of nitrogens with one attached hydrogen (secondary N) is 1. The number of halogens is 1. The predicted molar refractivity (Wildman–Crippen MR) is 106 cm³/mol. The van der Waals surface area contributed by atoms with Crippen LogP contribution in [0.15, 0.2) is 70.8 Å². The largest absolute Gasteiger partial charge is 0.331 e. The van der Waals surface area contributed by atoms with Crippen LogP contribution in [0.2, 0.25) is 5.15 Å². The van der Waals surface area contributed by atoms with Gasteiger partial charge in [-0.3, -0.25) is 4.79 Å². The monoisotopic (exact) mass is 381 g/mol. The summed E-state index contributed by atoms with van der Waals surface area (Å²) >= 11 is 7.52. The number of hydrogen-bond donors (Lipinski definition) is 1. The Hall–Kier alpha value is -3.03. The summed E-state index contributed by atoms with van der Waals surface area (Å²) < 4.78 is 1.18. The number of para-hydroxylation sites is 2. The van der Waals surface area contributed by atoms with E-state index in [1.807, 2.05) is 36.4 Å². The van der Waals surface area contributed by atoms with E-state index < -0.39 is 0 Å². The molecule has 0 aliphatic heterocycles. The van der Waals surface area contributed by atoms with Crippen molar-refractivity contribution in [3.8, 4) is 0 Å². The molecular weight excluding hydrogens is 370 g/mol. The molecule has 0 unspecified atom stereocenters. The maximum Gasteiger partial charge on any atom is 0.281 e. The van der Waals surface area contributed by atoms with Crippen LogP contribution in [-0.4, -0.2) is 20.9 Å². The molecule has 2 heterocycles. The zero-order valence-electron chi connectivity index (χ0n) is 13.3. The van der Waals surface area contributed by atoms with Gasteiger partial charge in [0.15, 0.2) is 10.3 Å². The topological polar surface area (TPSA) is 72.2 Å². The van der Waals surface area contributed by atoms with Gasteiger partial charge in [-0.2, -0.15) is 9.78 Å². The van der Waals surface area contributed by atoms with Gasteiger partial charge in [-0.1, -0.05) is 53.3 Å². The zero-order chi connectivity index (χ0) is 17.9. The summed E-state index contributed by atoms with van der Waals surface area (Å²) in [7, 11) is 0. The van der Waals surface area contributed by atoms with Gasteiger partial charge in [0.2, 0.25) is 0 Å². The molecule has 0 bridgehead atoms. The number of fused-ring (bicyclic) bond motifs is 1. The van der Waals surface area contributed by atoms with Gasteiger partial charge in [-0.15, -0.1) is 0 Å². The smallest absolute Gasteiger partial charge is 0.281 e. The van der Waals surface area contributed by atoms with Crippen molar-refractivity contribution in [3.63, 3.8) is 0 Å². The number of benzene rings is 2. The molecule has 128 valence electrons. The zero-order valence-corrected chi connectivity index (χ0v) is 14.9. The molecule has 4 rings (SSSR count). The quantitative estimate of drug-likeness (QED) is 0.539. The van der Waals surface area contributed by atoms with Crippen LogP contribution in [0.25, 0.3) is 10.9 Å². The summed E-state index contributed by atoms with van der Waals surface area (Å²) in [6.07, 6.45) is 2.90. The molecule has 4 aromatic rings. The molecule has 0 fully saturated rings. The van der Waals surface area contributed by atoms with Crippen molar-refractivity contribution < 1.29 is 0 Å². The molecule has 0 amide bonds. The standard InChI is InChI=1S/C18H12ClN5OS/c19-16-15(26-18(23-16)22-12-6-2-1-3-7-12)10-21-24-11-20-14-9-5-4-8-13(14)17(24)25/h1-11H,(H,22,23)/b21-10+. The first-order valence-corrected chi connectivity index (χ1v) is 8.89. The summed E-state index contributed by atoms with van der Waals surface area (Å²) in [5, 5.41) is 8.83. The highest BCUT2D eigenvalue weighted by molar-refractivity contribution is 7.17. The van der Waals surface area contributed by atoms with Gasteiger partial charge in [-0.05, 0) is 24.3 Å². The van der Waals surface area contributed by atoms with Crippen LogP contribution < -0.4 is 10.9 Å². The number of aromatic nitrogens is 3. The fraction of sp³-hybridized carbons (Fsp3) is 0. The van der Waals surface area contributed by atoms with Gasteiger partial charge < -0.3 is 5.32 Å². The second-order valence-electron chi connectivity index (χ2n) is 5.32. The minimum absolute atomic E-state index is 0.241. The number of thiazole rings is 1. The van der Waals surface area contributed by atoms with E-state index in [0.717, 1.165) is 5.69 Å². The first-order chi connectivity index (χ1) is 12.7.